The maximum atomic E-state index is 5.68. The minimum absolute atomic E-state index is 0.848. The number of benzene rings is 4. The highest BCUT2D eigenvalue weighted by Gasteiger charge is 2.27. The number of rotatable bonds is 4. The van der Waals surface area contributed by atoms with E-state index in [2.05, 4.69) is 84.6 Å². The smallest absolute Gasteiger partial charge is 0.144 e. The zero-order chi connectivity index (χ0) is 22.2. The largest absolute Gasteiger partial charge is 0.497 e. The molecule has 0 aliphatic carbocycles. The second kappa shape index (κ2) is 7.97. The molecule has 0 amide bonds. The van der Waals surface area contributed by atoms with Gasteiger partial charge in [0.2, 0.25) is 0 Å². The Kier molecular flexibility index (Phi) is 4.98. The summed E-state index contributed by atoms with van der Waals surface area (Å²) in [5, 5.41) is 0. The fourth-order valence-electron chi connectivity index (χ4n) is 4.54. The monoisotopic (exact) mass is 422 g/mol. The molecule has 4 nitrogen and oxygen atoms in total. The third-order valence-corrected chi connectivity index (χ3v) is 6.22. The van der Waals surface area contributed by atoms with Gasteiger partial charge in [-0.2, -0.15) is 0 Å². The number of nitrogens with zero attached hydrogens (tertiary/aromatic N) is 2. The first-order chi connectivity index (χ1) is 15.6. The van der Waals surface area contributed by atoms with Crippen molar-refractivity contribution in [1.82, 2.24) is 0 Å². The first-order valence-electron chi connectivity index (χ1n) is 10.6. The molecule has 0 atom stereocenters. The Balaban J connectivity index is 1.67. The van der Waals surface area contributed by atoms with Crippen molar-refractivity contribution >= 4 is 22.7 Å². The van der Waals surface area contributed by atoms with Gasteiger partial charge in [0, 0.05) is 14.1 Å². The van der Waals surface area contributed by atoms with Crippen LogP contribution in [0.3, 0.4) is 0 Å². The molecule has 0 fully saturated rings. The quantitative estimate of drug-likeness (QED) is 0.358. The van der Waals surface area contributed by atoms with Crippen molar-refractivity contribution in [3.8, 4) is 33.8 Å². The predicted octanol–water partition coefficient (Wildman–Crippen LogP) is 6.89. The van der Waals surface area contributed by atoms with E-state index in [-0.39, 0.29) is 0 Å². The summed E-state index contributed by atoms with van der Waals surface area (Å²) >= 11 is 0. The lowest BCUT2D eigenvalue weighted by atomic mass is 9.93. The van der Waals surface area contributed by atoms with Gasteiger partial charge in [-0.1, -0.05) is 48.5 Å². The molecule has 0 saturated heterocycles. The summed E-state index contributed by atoms with van der Waals surface area (Å²) in [6, 6.07) is 29.5. The van der Waals surface area contributed by atoms with Crippen LogP contribution in [0.2, 0.25) is 0 Å². The predicted molar refractivity (Wildman–Crippen MR) is 133 cm³/mol. The van der Waals surface area contributed by atoms with Crippen molar-refractivity contribution in [3.05, 3.63) is 84.9 Å². The molecule has 160 valence electrons. The van der Waals surface area contributed by atoms with Crippen LogP contribution < -0.4 is 19.3 Å². The third kappa shape index (κ3) is 3.16. The highest BCUT2D eigenvalue weighted by molar-refractivity contribution is 5.97. The van der Waals surface area contributed by atoms with E-state index in [0.29, 0.717) is 0 Å². The van der Waals surface area contributed by atoms with Crippen molar-refractivity contribution < 1.29 is 9.47 Å². The molecule has 32 heavy (non-hydrogen) atoms. The van der Waals surface area contributed by atoms with Gasteiger partial charge in [0.05, 0.1) is 31.3 Å². The number of anilines is 4. The number of methoxy groups -OCH3 is 2. The van der Waals surface area contributed by atoms with Crippen LogP contribution in [0.4, 0.5) is 22.7 Å². The van der Waals surface area contributed by atoms with E-state index in [4.69, 9.17) is 9.47 Å². The second-order valence-electron chi connectivity index (χ2n) is 7.93. The van der Waals surface area contributed by atoms with E-state index in [1.165, 1.54) is 5.56 Å². The Morgan fingerprint density at radius 2 is 1.38 bits per heavy atom. The Hall–Kier alpha value is -3.92. The van der Waals surface area contributed by atoms with Crippen LogP contribution in [0, 0.1) is 0 Å². The fourth-order valence-corrected chi connectivity index (χ4v) is 4.54. The van der Waals surface area contributed by atoms with Crippen LogP contribution in [-0.2, 0) is 0 Å². The van der Waals surface area contributed by atoms with Crippen molar-refractivity contribution in [3.63, 3.8) is 0 Å². The average molecular weight is 423 g/mol. The number of ether oxygens (including phenoxy) is 2. The zero-order valence-corrected chi connectivity index (χ0v) is 18.8. The SMILES string of the molecule is COc1ccc(-c2ccc3c(c2)N(C)c2c(OC)cccc2N3C)c(-c2ccccc2)c1. The normalized spacial score (nSPS) is 12.2. The van der Waals surface area contributed by atoms with Crippen molar-refractivity contribution in [2.45, 2.75) is 0 Å². The van der Waals surface area contributed by atoms with Crippen LogP contribution in [0.15, 0.2) is 84.9 Å². The molecule has 4 heteroatoms. The Morgan fingerprint density at radius 3 is 2.12 bits per heavy atom. The molecule has 4 aromatic carbocycles. The lowest BCUT2D eigenvalue weighted by Crippen LogP contribution is -2.24. The summed E-state index contributed by atoms with van der Waals surface area (Å²) in [5.41, 5.74) is 9.13. The van der Waals surface area contributed by atoms with Gasteiger partial charge in [0.15, 0.2) is 0 Å². The van der Waals surface area contributed by atoms with Crippen molar-refractivity contribution in [2.24, 2.45) is 0 Å². The molecule has 1 heterocycles. The lowest BCUT2D eigenvalue weighted by molar-refractivity contribution is 0.415. The molecule has 4 aromatic rings. The first-order valence-corrected chi connectivity index (χ1v) is 10.6. The molecule has 0 radical (unpaired) electrons. The van der Waals surface area contributed by atoms with Crippen molar-refractivity contribution in [1.29, 1.82) is 0 Å². The van der Waals surface area contributed by atoms with Crippen LogP contribution in [0.1, 0.15) is 0 Å². The Morgan fingerprint density at radius 1 is 0.562 bits per heavy atom. The van der Waals surface area contributed by atoms with Crippen LogP contribution in [0.25, 0.3) is 22.3 Å². The molecule has 1 aliphatic heterocycles. The molecule has 0 spiro atoms. The Labute approximate surface area is 189 Å². The molecule has 0 aromatic heterocycles. The Bertz CT molecular complexity index is 1280. The van der Waals surface area contributed by atoms with Crippen molar-refractivity contribution in [2.75, 3.05) is 38.1 Å². The van der Waals surface area contributed by atoms with E-state index >= 15 is 0 Å². The van der Waals surface area contributed by atoms with Gasteiger partial charge in [-0.25, -0.2) is 0 Å². The van der Waals surface area contributed by atoms with E-state index in [0.717, 1.165) is 50.9 Å². The van der Waals surface area contributed by atoms with Gasteiger partial charge in [-0.05, 0) is 58.7 Å². The van der Waals surface area contributed by atoms with E-state index in [9.17, 15) is 0 Å². The van der Waals surface area contributed by atoms with Gasteiger partial charge >= 0.3 is 0 Å². The third-order valence-electron chi connectivity index (χ3n) is 6.22. The average Bonchev–Trinajstić information content (AvgIpc) is 2.86. The van der Waals surface area contributed by atoms with E-state index in [1.54, 1.807) is 14.2 Å². The topological polar surface area (TPSA) is 24.9 Å². The molecular formula is C28H26N2O2. The summed E-state index contributed by atoms with van der Waals surface area (Å²) in [4.78, 5) is 4.45. The summed E-state index contributed by atoms with van der Waals surface area (Å²) in [6.45, 7) is 0. The molecule has 0 saturated carbocycles. The minimum atomic E-state index is 0.848. The van der Waals surface area contributed by atoms with Gasteiger partial charge in [0.1, 0.15) is 17.2 Å². The zero-order valence-electron chi connectivity index (χ0n) is 18.8. The molecule has 0 unspecified atom stereocenters. The summed E-state index contributed by atoms with van der Waals surface area (Å²) in [5.74, 6) is 1.71. The van der Waals surface area contributed by atoms with Crippen LogP contribution in [0.5, 0.6) is 11.5 Å². The van der Waals surface area contributed by atoms with Crippen LogP contribution in [-0.4, -0.2) is 28.3 Å². The summed E-state index contributed by atoms with van der Waals surface area (Å²) in [6.07, 6.45) is 0. The standard InChI is InChI=1S/C28H26N2O2/c1-29-24-16-13-20(17-26(24)30(2)28-25(29)11-8-12-27(28)32-4)22-15-14-21(31-3)18-23(22)19-9-6-5-7-10-19/h5-18H,1-4H3. The first kappa shape index (κ1) is 20.0. The second-order valence-corrected chi connectivity index (χ2v) is 7.93. The molecule has 1 aliphatic rings. The fraction of sp³-hybridized carbons (Fsp3) is 0.143. The maximum absolute atomic E-state index is 5.68. The number of para-hydroxylation sites is 1. The number of hydrogen-bond donors (Lipinski definition) is 0. The lowest BCUT2D eigenvalue weighted by Gasteiger charge is -2.37. The molecule has 0 N–H and O–H groups in total. The van der Waals surface area contributed by atoms with E-state index in [1.807, 2.05) is 24.3 Å². The number of hydrogen-bond acceptors (Lipinski definition) is 4. The highest BCUT2D eigenvalue weighted by Crippen LogP contribution is 2.51. The number of fused-ring (bicyclic) bond motifs is 2. The summed E-state index contributed by atoms with van der Waals surface area (Å²) < 4.78 is 11.2. The van der Waals surface area contributed by atoms with Gasteiger partial charge < -0.3 is 19.3 Å². The summed E-state index contributed by atoms with van der Waals surface area (Å²) in [7, 11) is 7.63. The van der Waals surface area contributed by atoms with Gasteiger partial charge in [-0.3, -0.25) is 0 Å². The minimum Gasteiger partial charge on any atom is -0.497 e. The van der Waals surface area contributed by atoms with Gasteiger partial charge in [0.25, 0.3) is 0 Å². The van der Waals surface area contributed by atoms with Gasteiger partial charge in [-0.15, -0.1) is 0 Å². The van der Waals surface area contributed by atoms with E-state index < -0.39 is 0 Å². The maximum Gasteiger partial charge on any atom is 0.144 e. The van der Waals surface area contributed by atoms with Crippen LogP contribution >= 0.6 is 0 Å². The molecular weight excluding hydrogens is 396 g/mol. The highest BCUT2D eigenvalue weighted by atomic mass is 16.5. The molecule has 5 rings (SSSR count). The molecule has 0 bridgehead atoms.